The Kier molecular flexibility index (Phi) is 4.16. The number of rotatable bonds is 6. The molecular formula is C15H15N5O. The number of nitrogens with one attached hydrogen (secondary N) is 1. The van der Waals surface area contributed by atoms with Crippen LogP contribution in [0.2, 0.25) is 0 Å². The standard InChI is InChI=1S/C15H15N5O/c1-2-5-12(6-3-1)17-9-4-7-14-19-15(20-21-14)13-8-10-16-11-18-13/h1-3,5-6,8,10-11,17H,4,7,9H2. The van der Waals surface area contributed by atoms with Crippen LogP contribution in [-0.4, -0.2) is 26.7 Å². The molecule has 2 aromatic heterocycles. The van der Waals surface area contributed by atoms with E-state index in [0.717, 1.165) is 25.1 Å². The molecule has 0 amide bonds. The minimum absolute atomic E-state index is 0.503. The maximum atomic E-state index is 5.22. The van der Waals surface area contributed by atoms with E-state index in [-0.39, 0.29) is 0 Å². The van der Waals surface area contributed by atoms with Gasteiger partial charge in [-0.05, 0) is 24.6 Å². The summed E-state index contributed by atoms with van der Waals surface area (Å²) in [6.07, 6.45) is 4.77. The first-order chi connectivity index (χ1) is 10.4. The third kappa shape index (κ3) is 3.62. The number of para-hydroxylation sites is 1. The van der Waals surface area contributed by atoms with Crippen molar-refractivity contribution in [3.63, 3.8) is 0 Å². The predicted molar refractivity (Wildman–Crippen MR) is 78.6 cm³/mol. The van der Waals surface area contributed by atoms with Crippen molar-refractivity contribution in [2.75, 3.05) is 11.9 Å². The fourth-order valence-electron chi connectivity index (χ4n) is 1.91. The zero-order valence-corrected chi connectivity index (χ0v) is 11.4. The quantitative estimate of drug-likeness (QED) is 0.700. The monoisotopic (exact) mass is 281 g/mol. The number of hydrogen-bond donors (Lipinski definition) is 1. The molecule has 0 bridgehead atoms. The minimum atomic E-state index is 0.503. The van der Waals surface area contributed by atoms with Crippen molar-refractivity contribution in [3.05, 3.63) is 54.8 Å². The van der Waals surface area contributed by atoms with E-state index < -0.39 is 0 Å². The Morgan fingerprint density at radius 1 is 1.10 bits per heavy atom. The van der Waals surface area contributed by atoms with Crippen molar-refractivity contribution in [2.24, 2.45) is 0 Å². The minimum Gasteiger partial charge on any atom is -0.385 e. The molecule has 3 aromatic rings. The molecule has 0 saturated heterocycles. The van der Waals surface area contributed by atoms with Crippen LogP contribution < -0.4 is 5.32 Å². The van der Waals surface area contributed by atoms with Crippen LogP contribution in [0.3, 0.4) is 0 Å². The largest absolute Gasteiger partial charge is 0.385 e. The van der Waals surface area contributed by atoms with Gasteiger partial charge in [-0.3, -0.25) is 0 Å². The van der Waals surface area contributed by atoms with Gasteiger partial charge in [-0.1, -0.05) is 23.4 Å². The Balaban J connectivity index is 1.49. The van der Waals surface area contributed by atoms with E-state index in [2.05, 4.69) is 25.4 Å². The van der Waals surface area contributed by atoms with Crippen LogP contribution in [0.15, 0.2) is 53.4 Å². The molecule has 21 heavy (non-hydrogen) atoms. The summed E-state index contributed by atoms with van der Waals surface area (Å²) in [7, 11) is 0. The van der Waals surface area contributed by atoms with E-state index in [4.69, 9.17) is 4.52 Å². The Bertz CT molecular complexity index is 669. The lowest BCUT2D eigenvalue weighted by Gasteiger charge is -2.03. The van der Waals surface area contributed by atoms with E-state index in [0.29, 0.717) is 17.4 Å². The highest BCUT2D eigenvalue weighted by Gasteiger charge is 2.08. The number of benzene rings is 1. The van der Waals surface area contributed by atoms with E-state index in [1.807, 2.05) is 30.3 Å². The first-order valence-corrected chi connectivity index (χ1v) is 6.80. The van der Waals surface area contributed by atoms with E-state index in [9.17, 15) is 0 Å². The Morgan fingerprint density at radius 2 is 2.00 bits per heavy atom. The fraction of sp³-hybridized carbons (Fsp3) is 0.200. The van der Waals surface area contributed by atoms with E-state index >= 15 is 0 Å². The van der Waals surface area contributed by atoms with Crippen LogP contribution in [0.5, 0.6) is 0 Å². The zero-order valence-electron chi connectivity index (χ0n) is 11.4. The van der Waals surface area contributed by atoms with Gasteiger partial charge >= 0.3 is 0 Å². The van der Waals surface area contributed by atoms with E-state index in [1.54, 1.807) is 12.3 Å². The summed E-state index contributed by atoms with van der Waals surface area (Å²) in [5.74, 6) is 1.13. The molecule has 6 heteroatoms. The predicted octanol–water partition coefficient (Wildman–Crippen LogP) is 2.57. The number of hydrogen-bond acceptors (Lipinski definition) is 6. The van der Waals surface area contributed by atoms with Gasteiger partial charge in [0.1, 0.15) is 12.0 Å². The van der Waals surface area contributed by atoms with Crippen molar-refractivity contribution in [2.45, 2.75) is 12.8 Å². The molecule has 0 spiro atoms. The second-order valence-electron chi connectivity index (χ2n) is 4.50. The van der Waals surface area contributed by atoms with Crippen LogP contribution >= 0.6 is 0 Å². The summed E-state index contributed by atoms with van der Waals surface area (Å²) in [4.78, 5) is 12.3. The maximum absolute atomic E-state index is 5.22. The van der Waals surface area contributed by atoms with Gasteiger partial charge in [0, 0.05) is 24.8 Å². The Labute approximate surface area is 122 Å². The smallest absolute Gasteiger partial charge is 0.227 e. The first-order valence-electron chi connectivity index (χ1n) is 6.80. The molecule has 0 unspecified atom stereocenters. The van der Waals surface area contributed by atoms with Crippen molar-refractivity contribution < 1.29 is 4.52 Å². The van der Waals surface area contributed by atoms with Crippen LogP contribution in [0.1, 0.15) is 12.3 Å². The molecule has 0 saturated carbocycles. The van der Waals surface area contributed by atoms with Crippen molar-refractivity contribution in [3.8, 4) is 11.5 Å². The summed E-state index contributed by atoms with van der Waals surface area (Å²) < 4.78 is 5.22. The third-order valence-electron chi connectivity index (χ3n) is 2.95. The third-order valence-corrected chi connectivity index (χ3v) is 2.95. The average Bonchev–Trinajstić information content (AvgIpc) is 3.02. The average molecular weight is 281 g/mol. The molecule has 1 N–H and O–H groups in total. The highest BCUT2D eigenvalue weighted by atomic mass is 16.5. The normalized spacial score (nSPS) is 10.5. The SMILES string of the molecule is c1ccc(NCCCc2nc(-c3ccncn3)no2)cc1. The van der Waals surface area contributed by atoms with Crippen molar-refractivity contribution in [1.82, 2.24) is 20.1 Å². The van der Waals surface area contributed by atoms with Gasteiger partial charge in [-0.25, -0.2) is 9.97 Å². The molecule has 1 aromatic carbocycles. The summed E-state index contributed by atoms with van der Waals surface area (Å²) in [5, 5.41) is 7.27. The van der Waals surface area contributed by atoms with Crippen LogP contribution in [0.25, 0.3) is 11.5 Å². The molecule has 0 aliphatic heterocycles. The molecular weight excluding hydrogens is 266 g/mol. The van der Waals surface area contributed by atoms with Crippen molar-refractivity contribution in [1.29, 1.82) is 0 Å². The second-order valence-corrected chi connectivity index (χ2v) is 4.50. The van der Waals surface area contributed by atoms with Gasteiger partial charge < -0.3 is 9.84 Å². The number of nitrogens with zero attached hydrogens (tertiary/aromatic N) is 4. The molecule has 6 nitrogen and oxygen atoms in total. The molecule has 3 rings (SSSR count). The Morgan fingerprint density at radius 3 is 2.81 bits per heavy atom. The zero-order chi connectivity index (χ0) is 14.3. The van der Waals surface area contributed by atoms with Crippen molar-refractivity contribution >= 4 is 5.69 Å². The van der Waals surface area contributed by atoms with Crippen LogP contribution in [-0.2, 0) is 6.42 Å². The van der Waals surface area contributed by atoms with Crippen LogP contribution in [0, 0.1) is 0 Å². The lowest BCUT2D eigenvalue weighted by atomic mass is 10.3. The van der Waals surface area contributed by atoms with E-state index in [1.165, 1.54) is 6.33 Å². The number of aromatic nitrogens is 4. The lowest BCUT2D eigenvalue weighted by molar-refractivity contribution is 0.377. The highest BCUT2D eigenvalue weighted by Crippen LogP contribution is 2.12. The summed E-state index contributed by atoms with van der Waals surface area (Å²) in [6, 6.07) is 11.9. The molecule has 0 aliphatic carbocycles. The highest BCUT2D eigenvalue weighted by molar-refractivity contribution is 5.46. The van der Waals surface area contributed by atoms with Gasteiger partial charge in [0.25, 0.3) is 0 Å². The molecule has 0 fully saturated rings. The van der Waals surface area contributed by atoms with Crippen LogP contribution in [0.4, 0.5) is 5.69 Å². The summed E-state index contributed by atoms with van der Waals surface area (Å²) in [6.45, 7) is 0.856. The molecule has 0 atom stereocenters. The van der Waals surface area contributed by atoms with Gasteiger partial charge in [0.05, 0.1) is 0 Å². The molecule has 2 heterocycles. The topological polar surface area (TPSA) is 76.7 Å². The lowest BCUT2D eigenvalue weighted by Crippen LogP contribution is -2.02. The van der Waals surface area contributed by atoms with Gasteiger partial charge in [-0.15, -0.1) is 0 Å². The number of aryl methyl sites for hydroxylation is 1. The summed E-state index contributed by atoms with van der Waals surface area (Å²) >= 11 is 0. The molecule has 0 radical (unpaired) electrons. The number of anilines is 1. The van der Waals surface area contributed by atoms with Gasteiger partial charge in [0.15, 0.2) is 0 Å². The fourth-order valence-corrected chi connectivity index (χ4v) is 1.91. The Hall–Kier alpha value is -2.76. The molecule has 0 aliphatic rings. The van der Waals surface area contributed by atoms with Gasteiger partial charge in [-0.2, -0.15) is 4.98 Å². The summed E-state index contributed by atoms with van der Waals surface area (Å²) in [5.41, 5.74) is 1.78. The maximum Gasteiger partial charge on any atom is 0.227 e. The second kappa shape index (κ2) is 6.60. The van der Waals surface area contributed by atoms with Gasteiger partial charge in [0.2, 0.25) is 11.7 Å². The first kappa shape index (κ1) is 13.2. The molecule has 106 valence electrons.